The first-order valence-electron chi connectivity index (χ1n) is 9.12. The Hall–Kier alpha value is -2.67. The van der Waals surface area contributed by atoms with E-state index in [9.17, 15) is 4.79 Å². The number of nitrogens with one attached hydrogen (secondary N) is 1. The second kappa shape index (κ2) is 8.14. The van der Waals surface area contributed by atoms with Crippen LogP contribution in [0.2, 0.25) is 0 Å². The van der Waals surface area contributed by atoms with E-state index in [0.29, 0.717) is 5.16 Å². The van der Waals surface area contributed by atoms with Crippen LogP contribution in [0, 0.1) is 13.8 Å². The van der Waals surface area contributed by atoms with Crippen molar-refractivity contribution < 1.29 is 4.79 Å². The molecule has 0 fully saturated rings. The van der Waals surface area contributed by atoms with Gasteiger partial charge in [-0.05, 0) is 63.9 Å². The molecule has 1 amide bonds. The first-order chi connectivity index (χ1) is 13.3. The van der Waals surface area contributed by atoms with Crippen molar-refractivity contribution in [1.29, 1.82) is 0 Å². The third-order valence-corrected chi connectivity index (χ3v) is 5.16. The number of benzene rings is 1. The van der Waals surface area contributed by atoms with Crippen molar-refractivity contribution in [1.82, 2.24) is 25.1 Å². The van der Waals surface area contributed by atoms with Gasteiger partial charge in [0.05, 0.1) is 11.4 Å². The van der Waals surface area contributed by atoms with Crippen LogP contribution in [0.15, 0.2) is 47.9 Å². The quantitative estimate of drug-likeness (QED) is 0.662. The number of hydrogen-bond acceptors (Lipinski definition) is 5. The van der Waals surface area contributed by atoms with Crippen molar-refractivity contribution in [3.8, 4) is 17.1 Å². The summed E-state index contributed by atoms with van der Waals surface area (Å²) in [6.45, 7) is 10.1. The molecule has 6 nitrogen and oxygen atoms in total. The number of thioether (sulfide) groups is 1. The molecule has 0 aliphatic heterocycles. The number of aromatic nitrogens is 4. The summed E-state index contributed by atoms with van der Waals surface area (Å²) in [5.41, 5.74) is 4.01. The van der Waals surface area contributed by atoms with Crippen molar-refractivity contribution in [2.45, 2.75) is 45.3 Å². The molecule has 3 aromatic rings. The van der Waals surface area contributed by atoms with Crippen LogP contribution in [0.5, 0.6) is 0 Å². The fraction of sp³-hybridized carbons (Fsp3) is 0.333. The number of hydrogen-bond donors (Lipinski definition) is 1. The van der Waals surface area contributed by atoms with Gasteiger partial charge >= 0.3 is 0 Å². The van der Waals surface area contributed by atoms with Gasteiger partial charge in [0.2, 0.25) is 5.91 Å². The van der Waals surface area contributed by atoms with E-state index in [1.807, 2.05) is 43.5 Å². The molecule has 0 aliphatic carbocycles. The van der Waals surface area contributed by atoms with E-state index in [1.165, 1.54) is 17.3 Å². The van der Waals surface area contributed by atoms with Crippen molar-refractivity contribution in [2.24, 2.45) is 0 Å². The van der Waals surface area contributed by atoms with Gasteiger partial charge in [-0.2, -0.15) is 0 Å². The molecule has 2 heterocycles. The Bertz CT molecular complexity index is 976. The lowest BCUT2D eigenvalue weighted by molar-refractivity contribution is -0.119. The monoisotopic (exact) mass is 395 g/mol. The first-order valence-corrected chi connectivity index (χ1v) is 10.1. The highest BCUT2D eigenvalue weighted by molar-refractivity contribution is 7.99. The van der Waals surface area contributed by atoms with Crippen LogP contribution < -0.4 is 5.32 Å². The second-order valence-corrected chi connectivity index (χ2v) is 8.63. The van der Waals surface area contributed by atoms with Gasteiger partial charge in [-0.25, -0.2) is 0 Å². The molecule has 146 valence electrons. The Morgan fingerprint density at radius 1 is 1.11 bits per heavy atom. The molecule has 3 rings (SSSR count). The highest BCUT2D eigenvalue weighted by Crippen LogP contribution is 2.30. The van der Waals surface area contributed by atoms with Crippen LogP contribution >= 0.6 is 11.8 Å². The fourth-order valence-electron chi connectivity index (χ4n) is 2.83. The highest BCUT2D eigenvalue weighted by Gasteiger charge is 2.20. The van der Waals surface area contributed by atoms with Gasteiger partial charge in [0.25, 0.3) is 0 Å². The minimum atomic E-state index is -0.263. The average Bonchev–Trinajstić information content (AvgIpc) is 3.05. The van der Waals surface area contributed by atoms with Gasteiger partial charge in [-0.15, -0.1) is 10.2 Å². The second-order valence-electron chi connectivity index (χ2n) is 7.68. The fourth-order valence-corrected chi connectivity index (χ4v) is 3.58. The zero-order valence-electron chi connectivity index (χ0n) is 16.9. The summed E-state index contributed by atoms with van der Waals surface area (Å²) >= 11 is 1.38. The number of aryl methyl sites for hydroxylation is 1. The maximum atomic E-state index is 12.3. The summed E-state index contributed by atoms with van der Waals surface area (Å²) in [6, 6.07) is 9.97. The number of carbonyl (C=O) groups is 1. The third kappa shape index (κ3) is 4.59. The molecule has 0 radical (unpaired) electrons. The van der Waals surface area contributed by atoms with Crippen LogP contribution in [0.3, 0.4) is 0 Å². The number of nitrogens with zero attached hydrogens (tertiary/aromatic N) is 4. The number of rotatable bonds is 5. The van der Waals surface area contributed by atoms with E-state index in [-0.39, 0.29) is 17.2 Å². The van der Waals surface area contributed by atoms with Gasteiger partial charge in [-0.1, -0.05) is 23.9 Å². The molecule has 2 aromatic heterocycles. The summed E-state index contributed by atoms with van der Waals surface area (Å²) in [5, 5.41) is 12.5. The van der Waals surface area contributed by atoms with E-state index in [1.54, 1.807) is 12.4 Å². The summed E-state index contributed by atoms with van der Waals surface area (Å²) in [5.74, 6) is 0.977. The molecule has 0 bridgehead atoms. The van der Waals surface area contributed by atoms with Crippen LogP contribution in [-0.2, 0) is 4.79 Å². The Kier molecular flexibility index (Phi) is 5.84. The summed E-state index contributed by atoms with van der Waals surface area (Å²) in [6.07, 6.45) is 3.47. The summed E-state index contributed by atoms with van der Waals surface area (Å²) in [7, 11) is 0. The molecule has 28 heavy (non-hydrogen) atoms. The zero-order chi connectivity index (χ0) is 20.3. The lowest BCUT2D eigenvalue weighted by atomic mass is 10.1. The topological polar surface area (TPSA) is 72.7 Å². The first kappa shape index (κ1) is 20.1. The number of carbonyl (C=O) groups excluding carboxylic acids is 1. The molecular formula is C21H25N5OS. The minimum absolute atomic E-state index is 0.0292. The lowest BCUT2D eigenvalue weighted by Crippen LogP contribution is -2.41. The Morgan fingerprint density at radius 3 is 2.50 bits per heavy atom. The smallest absolute Gasteiger partial charge is 0.230 e. The average molecular weight is 396 g/mol. The molecule has 7 heteroatoms. The zero-order valence-corrected chi connectivity index (χ0v) is 17.7. The van der Waals surface area contributed by atoms with Gasteiger partial charge in [0.15, 0.2) is 11.0 Å². The van der Waals surface area contributed by atoms with Crippen LogP contribution in [0.1, 0.15) is 31.9 Å². The maximum Gasteiger partial charge on any atom is 0.230 e. The Balaban J connectivity index is 2.00. The molecule has 0 unspecified atom stereocenters. The molecular weight excluding hydrogens is 370 g/mol. The predicted molar refractivity (Wildman–Crippen MR) is 113 cm³/mol. The standard InChI is InChI=1S/C21H25N5OS/c1-14-7-6-8-17(15(14)2)26-19(16-9-11-22-12-10-16)24-25-20(26)28-13-18(27)23-21(3,4)5/h6-12H,13H2,1-5H3,(H,23,27). The molecule has 1 aromatic carbocycles. The number of amides is 1. The van der Waals surface area contributed by atoms with Gasteiger partial charge in [-0.3, -0.25) is 14.3 Å². The van der Waals surface area contributed by atoms with Crippen molar-refractivity contribution in [3.63, 3.8) is 0 Å². The van der Waals surface area contributed by atoms with Gasteiger partial charge < -0.3 is 5.32 Å². The van der Waals surface area contributed by atoms with Crippen molar-refractivity contribution in [2.75, 3.05) is 5.75 Å². The van der Waals surface area contributed by atoms with Crippen LogP contribution in [0.25, 0.3) is 17.1 Å². The Morgan fingerprint density at radius 2 is 1.82 bits per heavy atom. The molecule has 0 saturated carbocycles. The summed E-state index contributed by atoms with van der Waals surface area (Å²) < 4.78 is 2.02. The Labute approximate surface area is 169 Å². The largest absolute Gasteiger partial charge is 0.351 e. The molecule has 1 N–H and O–H groups in total. The molecule has 0 atom stereocenters. The van der Waals surface area contributed by atoms with Gasteiger partial charge in [0.1, 0.15) is 0 Å². The SMILES string of the molecule is Cc1cccc(-n2c(SCC(=O)NC(C)(C)C)nnc2-c2ccncc2)c1C. The molecule has 0 aliphatic rings. The minimum Gasteiger partial charge on any atom is -0.351 e. The van der Waals surface area contributed by atoms with E-state index in [2.05, 4.69) is 46.5 Å². The van der Waals surface area contributed by atoms with Crippen LogP contribution in [0.4, 0.5) is 0 Å². The van der Waals surface area contributed by atoms with Crippen molar-refractivity contribution >= 4 is 17.7 Å². The normalized spacial score (nSPS) is 11.5. The number of pyridine rings is 1. The lowest BCUT2D eigenvalue weighted by Gasteiger charge is -2.20. The molecule has 0 spiro atoms. The van der Waals surface area contributed by atoms with E-state index in [0.717, 1.165) is 22.6 Å². The summed E-state index contributed by atoms with van der Waals surface area (Å²) in [4.78, 5) is 16.4. The third-order valence-electron chi connectivity index (χ3n) is 4.24. The predicted octanol–water partition coefficient (Wildman–Crippen LogP) is 3.95. The van der Waals surface area contributed by atoms with E-state index < -0.39 is 0 Å². The van der Waals surface area contributed by atoms with E-state index in [4.69, 9.17) is 0 Å². The van der Waals surface area contributed by atoms with Gasteiger partial charge in [0, 0.05) is 23.5 Å². The highest BCUT2D eigenvalue weighted by atomic mass is 32.2. The van der Waals surface area contributed by atoms with Crippen LogP contribution in [-0.4, -0.2) is 36.9 Å². The van der Waals surface area contributed by atoms with Crippen molar-refractivity contribution in [3.05, 3.63) is 53.9 Å². The maximum absolute atomic E-state index is 12.3. The van der Waals surface area contributed by atoms with E-state index >= 15 is 0 Å². The molecule has 0 saturated heterocycles.